The summed E-state index contributed by atoms with van der Waals surface area (Å²) in [5.74, 6) is -4.66. The molecule has 0 bridgehead atoms. The molecule has 23 nitrogen and oxygen atoms in total. The van der Waals surface area contributed by atoms with E-state index in [0.29, 0.717) is 5.56 Å². The summed E-state index contributed by atoms with van der Waals surface area (Å²) in [5.41, 5.74) is -1.19. The van der Waals surface area contributed by atoms with E-state index in [1.807, 2.05) is 0 Å². The summed E-state index contributed by atoms with van der Waals surface area (Å²) < 4.78 is 45.6. The van der Waals surface area contributed by atoms with Crippen LogP contribution in [0.15, 0.2) is 69.9 Å². The maximum atomic E-state index is 14.4. The van der Waals surface area contributed by atoms with Crippen molar-refractivity contribution in [2.24, 2.45) is 0 Å². The van der Waals surface area contributed by atoms with Crippen molar-refractivity contribution in [3.05, 3.63) is 76.5 Å². The minimum absolute atomic E-state index is 0.000991. The molecule has 3 aliphatic rings. The molecule has 0 saturated carbocycles. The molecular weight excluding hydrogens is 872 g/mol. The first-order valence-electron chi connectivity index (χ1n) is 19.9. The molecule has 0 amide bonds. The molecule has 4 heterocycles. The highest BCUT2D eigenvalue weighted by Gasteiger charge is 2.51. The Morgan fingerprint density at radius 2 is 1.34 bits per heavy atom. The number of ether oxygens (including phenoxy) is 7. The second-order valence-corrected chi connectivity index (χ2v) is 15.4. The molecule has 7 rings (SSSR count). The zero-order chi connectivity index (χ0) is 47.0. The van der Waals surface area contributed by atoms with Gasteiger partial charge in [0, 0.05) is 23.8 Å². The molecule has 23 heteroatoms. The number of aliphatic hydroxyl groups is 9. The maximum absolute atomic E-state index is 14.4. The Bertz CT molecular complexity index is 2400. The van der Waals surface area contributed by atoms with Gasteiger partial charge in [0.05, 0.1) is 12.7 Å². The second-order valence-electron chi connectivity index (χ2n) is 15.4. The predicted octanol–water partition coefficient (Wildman–Crippen LogP) is -2.24. The lowest BCUT2D eigenvalue weighted by Crippen LogP contribution is -2.64. The standard InChI is InChI=1S/C42H46O23/c1-15-28(49)34(55)39(65-41-36(57)33(54)30(51)25(63-41)14-58-26(48)9-4-16-2-6-18(44)7-3-16)42(59-15)64-38-31(52)27-22(47)11-19(60-40-35(56)32(53)29(50)24(13-43)62-40)12-23(27)61-37(38)17-5-8-20(45)21(46)10-17/h2-12,15,24-25,28-30,32-36,39-47,49-51,53-57H,13-14H2,1H3/t15-,24+,25+,28-,29+,30+,32-,33-,34+,35+,36+,39+,40+,41-,42-/m0/s1. The van der Waals surface area contributed by atoms with Crippen molar-refractivity contribution in [3.63, 3.8) is 0 Å². The quantitative estimate of drug-likeness (QED) is 0.0406. The van der Waals surface area contributed by atoms with E-state index in [0.717, 1.165) is 30.3 Å². The Kier molecular flexibility index (Phi) is 14.2. The normalized spacial score (nSPS) is 32.9. The largest absolute Gasteiger partial charge is 0.508 e. The first-order chi connectivity index (χ1) is 30.9. The van der Waals surface area contributed by atoms with Crippen LogP contribution >= 0.6 is 0 Å². The number of benzene rings is 3. The molecule has 3 aromatic carbocycles. The van der Waals surface area contributed by atoms with Gasteiger partial charge in [0.25, 0.3) is 0 Å². The molecule has 0 aliphatic carbocycles. The van der Waals surface area contributed by atoms with Gasteiger partial charge in [-0.3, -0.25) is 4.79 Å². The summed E-state index contributed by atoms with van der Waals surface area (Å²) in [4.78, 5) is 26.9. The third-order valence-corrected chi connectivity index (χ3v) is 10.9. The molecular formula is C42H46O23. The Morgan fingerprint density at radius 3 is 2.02 bits per heavy atom. The molecule has 0 spiro atoms. The number of esters is 1. The minimum Gasteiger partial charge on any atom is -0.508 e. The highest BCUT2D eigenvalue weighted by molar-refractivity contribution is 5.89. The highest BCUT2D eigenvalue weighted by Crippen LogP contribution is 2.41. The summed E-state index contributed by atoms with van der Waals surface area (Å²) in [7, 11) is 0. The van der Waals surface area contributed by atoms with Crippen molar-refractivity contribution in [2.45, 2.75) is 99.0 Å². The van der Waals surface area contributed by atoms with Gasteiger partial charge in [-0.1, -0.05) is 12.1 Å². The molecule has 0 unspecified atom stereocenters. The fraction of sp³-hybridized carbons (Fsp3) is 0.429. The Morgan fingerprint density at radius 1 is 0.677 bits per heavy atom. The second kappa shape index (κ2) is 19.4. The van der Waals surface area contributed by atoms with Crippen molar-refractivity contribution in [3.8, 4) is 45.8 Å². The number of hydrogen-bond donors (Lipinski definition) is 13. The SMILES string of the molecule is C[C@@H]1O[C@@H](Oc2c(-c3ccc(O)c(O)c3)oc3cc(O[C@@H]4O[C@H](CO)[C@@H](O)[C@H](O)[C@H]4O)cc(O)c3c2=O)[C@H](O[C@@H]2O[C@H](COC(=O)C=Cc3ccc(O)cc3)[C@@H](O)[C@H](O)[C@H]2O)[C@H](O)[C@H]1O. The van der Waals surface area contributed by atoms with Crippen LogP contribution in [0.4, 0.5) is 0 Å². The lowest BCUT2D eigenvalue weighted by Gasteiger charge is -2.45. The topological polar surface area (TPSA) is 375 Å². The van der Waals surface area contributed by atoms with E-state index in [4.69, 9.17) is 37.6 Å². The summed E-state index contributed by atoms with van der Waals surface area (Å²) >= 11 is 0. The zero-order valence-electron chi connectivity index (χ0n) is 33.8. The molecule has 13 N–H and O–H groups in total. The van der Waals surface area contributed by atoms with Crippen molar-refractivity contribution in [2.75, 3.05) is 13.2 Å². The average molecular weight is 919 g/mol. The van der Waals surface area contributed by atoms with Crippen molar-refractivity contribution in [1.82, 2.24) is 0 Å². The van der Waals surface area contributed by atoms with Crippen LogP contribution in [0.2, 0.25) is 0 Å². The predicted molar refractivity (Wildman–Crippen MR) is 214 cm³/mol. The van der Waals surface area contributed by atoms with Crippen molar-refractivity contribution >= 4 is 23.0 Å². The molecule has 3 fully saturated rings. The van der Waals surface area contributed by atoms with E-state index in [-0.39, 0.29) is 17.1 Å². The number of aliphatic hydroxyl groups excluding tert-OH is 9. The number of aromatic hydroxyl groups is 4. The van der Waals surface area contributed by atoms with E-state index < -0.39 is 156 Å². The fourth-order valence-corrected chi connectivity index (χ4v) is 7.23. The number of hydrogen-bond acceptors (Lipinski definition) is 23. The van der Waals surface area contributed by atoms with Crippen molar-refractivity contribution in [1.29, 1.82) is 0 Å². The van der Waals surface area contributed by atoms with Gasteiger partial charge < -0.3 is 104 Å². The van der Waals surface area contributed by atoms with E-state index >= 15 is 0 Å². The minimum atomic E-state index is -2.06. The van der Waals surface area contributed by atoms with E-state index in [1.54, 1.807) is 0 Å². The summed E-state index contributed by atoms with van der Waals surface area (Å²) in [5, 5.41) is 136. The molecule has 15 atom stereocenters. The summed E-state index contributed by atoms with van der Waals surface area (Å²) in [6, 6.07) is 10.9. The van der Waals surface area contributed by atoms with Gasteiger partial charge in [-0.15, -0.1) is 0 Å². The molecule has 1 aromatic heterocycles. The molecule has 352 valence electrons. The van der Waals surface area contributed by atoms with E-state index in [9.17, 15) is 76.0 Å². The highest BCUT2D eigenvalue weighted by atomic mass is 16.8. The van der Waals surface area contributed by atoms with Crippen LogP contribution in [-0.2, 0) is 28.5 Å². The van der Waals surface area contributed by atoms with Gasteiger partial charge in [0.15, 0.2) is 29.7 Å². The maximum Gasteiger partial charge on any atom is 0.330 e. The average Bonchev–Trinajstić information content (AvgIpc) is 3.28. The summed E-state index contributed by atoms with van der Waals surface area (Å²) in [6.45, 7) is -0.163. The van der Waals surface area contributed by atoms with Gasteiger partial charge in [-0.2, -0.15) is 0 Å². The third kappa shape index (κ3) is 9.83. The smallest absolute Gasteiger partial charge is 0.330 e. The first-order valence-corrected chi connectivity index (χ1v) is 19.9. The molecule has 65 heavy (non-hydrogen) atoms. The van der Waals surface area contributed by atoms with Crippen molar-refractivity contribution < 1.29 is 109 Å². The molecule has 3 saturated heterocycles. The van der Waals surface area contributed by atoms with Crippen LogP contribution in [0, 0.1) is 0 Å². The van der Waals surface area contributed by atoms with Gasteiger partial charge in [0.1, 0.15) is 95.9 Å². The lowest BCUT2D eigenvalue weighted by molar-refractivity contribution is -0.355. The number of phenolic OH excluding ortho intramolecular Hbond substituents is 4. The van der Waals surface area contributed by atoms with Crippen LogP contribution < -0.4 is 14.9 Å². The van der Waals surface area contributed by atoms with E-state index in [2.05, 4.69) is 0 Å². The van der Waals surface area contributed by atoms with Crippen LogP contribution in [0.3, 0.4) is 0 Å². The third-order valence-electron chi connectivity index (χ3n) is 10.9. The molecule has 3 aliphatic heterocycles. The van der Waals surface area contributed by atoms with Crippen LogP contribution in [0.25, 0.3) is 28.4 Å². The molecule has 4 aromatic rings. The van der Waals surface area contributed by atoms with Crippen LogP contribution in [0.5, 0.6) is 34.5 Å². The number of carbonyl (C=O) groups is 1. The lowest BCUT2D eigenvalue weighted by atomic mass is 9.97. The monoisotopic (exact) mass is 918 g/mol. The van der Waals surface area contributed by atoms with Crippen LogP contribution in [0.1, 0.15) is 12.5 Å². The Hall–Kier alpha value is -5.64. The number of phenols is 4. The molecule has 0 radical (unpaired) electrons. The van der Waals surface area contributed by atoms with Gasteiger partial charge >= 0.3 is 5.97 Å². The Labute approximate surface area is 365 Å². The summed E-state index contributed by atoms with van der Waals surface area (Å²) in [6.07, 6.45) is -24.4. The first kappa shape index (κ1) is 47.3. The van der Waals surface area contributed by atoms with Gasteiger partial charge in [-0.25, -0.2) is 4.79 Å². The van der Waals surface area contributed by atoms with Gasteiger partial charge in [-0.05, 0) is 48.9 Å². The van der Waals surface area contributed by atoms with Crippen LogP contribution in [-0.4, -0.2) is 178 Å². The van der Waals surface area contributed by atoms with E-state index in [1.165, 1.54) is 43.3 Å². The number of fused-ring (bicyclic) bond motifs is 1. The Balaban J connectivity index is 1.19. The van der Waals surface area contributed by atoms with Gasteiger partial charge in [0.2, 0.25) is 23.8 Å². The zero-order valence-corrected chi connectivity index (χ0v) is 33.8. The number of rotatable bonds is 12. The number of carbonyl (C=O) groups excluding carboxylic acids is 1. The fourth-order valence-electron chi connectivity index (χ4n) is 7.23.